The van der Waals surface area contributed by atoms with Gasteiger partial charge < -0.3 is 9.80 Å². The molecule has 0 N–H and O–H groups in total. The average molecular weight is 655 g/mol. The Kier molecular flexibility index (Phi) is 7.51. The van der Waals surface area contributed by atoms with Crippen molar-refractivity contribution in [2.24, 2.45) is 0 Å². The number of nitrogens with zero attached hydrogens (tertiary/aromatic N) is 2. The fourth-order valence-corrected chi connectivity index (χ4v) is 7.93. The van der Waals surface area contributed by atoms with Gasteiger partial charge in [-0.15, -0.1) is 0 Å². The predicted molar refractivity (Wildman–Crippen MR) is 216 cm³/mol. The highest BCUT2D eigenvalue weighted by Gasteiger charge is 2.36. The maximum absolute atomic E-state index is 2.49. The minimum Gasteiger partial charge on any atom is -0.308 e. The SMILES string of the molecule is CC1(C)c2ccccc2-c2ccc(N(c3cc4ccccc4cc3-c3ccccc3)c3ccccc3N(c3ccccc3)c3ccccc3)cc21. The fraction of sp³-hybridized carbons (Fsp3) is 0.0612. The highest BCUT2D eigenvalue weighted by atomic mass is 15.2. The highest BCUT2D eigenvalue weighted by Crippen LogP contribution is 2.53. The number of hydrogen-bond acceptors (Lipinski definition) is 2. The van der Waals surface area contributed by atoms with Crippen LogP contribution in [-0.2, 0) is 5.41 Å². The maximum Gasteiger partial charge on any atom is 0.0702 e. The van der Waals surface area contributed by atoms with Gasteiger partial charge in [-0.25, -0.2) is 0 Å². The monoisotopic (exact) mass is 654 g/mol. The summed E-state index contributed by atoms with van der Waals surface area (Å²) in [7, 11) is 0. The Morgan fingerprint density at radius 1 is 0.333 bits per heavy atom. The van der Waals surface area contributed by atoms with Gasteiger partial charge in [0.1, 0.15) is 0 Å². The van der Waals surface area contributed by atoms with E-state index in [1.807, 2.05) is 0 Å². The Hall–Kier alpha value is -6.38. The molecule has 0 aliphatic heterocycles. The quantitative estimate of drug-likeness (QED) is 0.169. The smallest absolute Gasteiger partial charge is 0.0702 e. The zero-order chi connectivity index (χ0) is 34.4. The Balaban J connectivity index is 1.35. The van der Waals surface area contributed by atoms with Crippen LogP contribution in [0.1, 0.15) is 25.0 Å². The van der Waals surface area contributed by atoms with E-state index in [0.29, 0.717) is 0 Å². The largest absolute Gasteiger partial charge is 0.308 e. The highest BCUT2D eigenvalue weighted by molar-refractivity contribution is 6.01. The van der Waals surface area contributed by atoms with Gasteiger partial charge in [0, 0.05) is 28.0 Å². The molecule has 9 rings (SSSR count). The van der Waals surface area contributed by atoms with Crippen LogP contribution in [0.5, 0.6) is 0 Å². The van der Waals surface area contributed by atoms with E-state index >= 15 is 0 Å². The topological polar surface area (TPSA) is 6.48 Å². The number of hydrogen-bond donors (Lipinski definition) is 0. The minimum absolute atomic E-state index is 0.140. The normalized spacial score (nSPS) is 12.7. The molecule has 0 saturated carbocycles. The molecule has 0 atom stereocenters. The molecule has 0 aromatic heterocycles. The first-order valence-electron chi connectivity index (χ1n) is 17.7. The Labute approximate surface area is 300 Å². The number of para-hydroxylation sites is 4. The van der Waals surface area contributed by atoms with Crippen molar-refractivity contribution in [1.29, 1.82) is 0 Å². The van der Waals surface area contributed by atoms with Gasteiger partial charge in [0.2, 0.25) is 0 Å². The van der Waals surface area contributed by atoms with Crippen LogP contribution >= 0.6 is 0 Å². The summed E-state index contributed by atoms with van der Waals surface area (Å²) in [5.74, 6) is 0. The standard InChI is InChI=1S/C49H38N2/c1-49(2)44-27-15-14-26-41(44)42-31-30-40(34-45(42)49)51(48-33-37-21-13-12-20-36(37)32-43(48)35-18-6-3-7-19-35)47-29-17-16-28-46(47)50(38-22-8-4-9-23-38)39-24-10-5-11-25-39/h3-34H,1-2H3. The van der Waals surface area contributed by atoms with Gasteiger partial charge in [-0.1, -0.05) is 147 Å². The van der Waals surface area contributed by atoms with Crippen LogP contribution in [0.15, 0.2) is 194 Å². The van der Waals surface area contributed by atoms with E-state index in [1.54, 1.807) is 0 Å². The van der Waals surface area contributed by atoms with Crippen molar-refractivity contribution in [1.82, 2.24) is 0 Å². The van der Waals surface area contributed by atoms with Gasteiger partial charge in [0.15, 0.2) is 0 Å². The van der Waals surface area contributed by atoms with E-state index in [0.717, 1.165) is 34.1 Å². The Morgan fingerprint density at radius 3 is 1.51 bits per heavy atom. The van der Waals surface area contributed by atoms with Crippen molar-refractivity contribution < 1.29 is 0 Å². The number of benzene rings is 8. The minimum atomic E-state index is -0.140. The van der Waals surface area contributed by atoms with Gasteiger partial charge in [-0.05, 0) is 99.3 Å². The van der Waals surface area contributed by atoms with E-state index in [-0.39, 0.29) is 5.41 Å². The van der Waals surface area contributed by atoms with E-state index in [1.165, 1.54) is 44.2 Å². The van der Waals surface area contributed by atoms with Crippen LogP contribution in [0.3, 0.4) is 0 Å². The van der Waals surface area contributed by atoms with Crippen LogP contribution in [0.25, 0.3) is 33.0 Å². The molecule has 1 aliphatic carbocycles. The van der Waals surface area contributed by atoms with Crippen molar-refractivity contribution in [3.63, 3.8) is 0 Å². The zero-order valence-corrected chi connectivity index (χ0v) is 28.9. The molecule has 0 spiro atoms. The lowest BCUT2D eigenvalue weighted by Gasteiger charge is -2.35. The van der Waals surface area contributed by atoms with Crippen LogP contribution < -0.4 is 9.80 Å². The average Bonchev–Trinajstić information content (AvgIpc) is 3.42. The molecule has 0 saturated heterocycles. The van der Waals surface area contributed by atoms with Crippen molar-refractivity contribution in [3.05, 3.63) is 205 Å². The summed E-state index contributed by atoms with van der Waals surface area (Å²) >= 11 is 0. The van der Waals surface area contributed by atoms with Gasteiger partial charge >= 0.3 is 0 Å². The summed E-state index contributed by atoms with van der Waals surface area (Å²) in [5, 5.41) is 2.42. The molecular weight excluding hydrogens is 617 g/mol. The van der Waals surface area contributed by atoms with E-state index in [9.17, 15) is 0 Å². The second-order valence-corrected chi connectivity index (χ2v) is 13.8. The van der Waals surface area contributed by atoms with Crippen LogP contribution in [-0.4, -0.2) is 0 Å². The molecule has 8 aromatic rings. The van der Waals surface area contributed by atoms with Crippen LogP contribution in [0.2, 0.25) is 0 Å². The molecule has 2 heteroatoms. The summed E-state index contributed by atoms with van der Waals surface area (Å²) in [5.41, 5.74) is 14.2. The molecule has 0 bridgehead atoms. The third-order valence-corrected chi connectivity index (χ3v) is 10.4. The summed E-state index contributed by atoms with van der Waals surface area (Å²) in [6, 6.07) is 70.4. The molecule has 0 unspecified atom stereocenters. The molecule has 2 nitrogen and oxygen atoms in total. The fourth-order valence-electron chi connectivity index (χ4n) is 7.93. The number of fused-ring (bicyclic) bond motifs is 4. The van der Waals surface area contributed by atoms with Gasteiger partial charge in [0.25, 0.3) is 0 Å². The lowest BCUT2D eigenvalue weighted by molar-refractivity contribution is 0.660. The van der Waals surface area contributed by atoms with Crippen molar-refractivity contribution in [3.8, 4) is 22.3 Å². The van der Waals surface area contributed by atoms with E-state index in [2.05, 4.69) is 218 Å². The van der Waals surface area contributed by atoms with Gasteiger partial charge in [-0.3, -0.25) is 0 Å². The lowest BCUT2D eigenvalue weighted by Crippen LogP contribution is -2.19. The second kappa shape index (κ2) is 12.5. The molecule has 0 fully saturated rings. The van der Waals surface area contributed by atoms with Gasteiger partial charge in [0.05, 0.1) is 17.1 Å². The first kappa shape index (κ1) is 30.7. The first-order valence-corrected chi connectivity index (χ1v) is 17.7. The second-order valence-electron chi connectivity index (χ2n) is 13.8. The lowest BCUT2D eigenvalue weighted by atomic mass is 9.82. The van der Waals surface area contributed by atoms with Crippen molar-refractivity contribution in [2.45, 2.75) is 19.3 Å². The summed E-state index contributed by atoms with van der Waals surface area (Å²) < 4.78 is 0. The van der Waals surface area contributed by atoms with Gasteiger partial charge in [-0.2, -0.15) is 0 Å². The van der Waals surface area contributed by atoms with Crippen molar-refractivity contribution in [2.75, 3.05) is 9.80 Å². The molecular formula is C49H38N2. The van der Waals surface area contributed by atoms with E-state index in [4.69, 9.17) is 0 Å². The zero-order valence-electron chi connectivity index (χ0n) is 28.9. The number of anilines is 6. The Bertz CT molecular complexity index is 2460. The first-order chi connectivity index (χ1) is 25.1. The maximum atomic E-state index is 2.49. The van der Waals surface area contributed by atoms with Crippen molar-refractivity contribution >= 4 is 44.9 Å². The molecule has 8 aromatic carbocycles. The summed E-state index contributed by atoms with van der Waals surface area (Å²) in [6.45, 7) is 4.72. The molecule has 51 heavy (non-hydrogen) atoms. The molecule has 1 aliphatic rings. The molecule has 0 radical (unpaired) electrons. The summed E-state index contributed by atoms with van der Waals surface area (Å²) in [4.78, 5) is 4.86. The van der Waals surface area contributed by atoms with Crippen LogP contribution in [0, 0.1) is 0 Å². The van der Waals surface area contributed by atoms with Crippen LogP contribution in [0.4, 0.5) is 34.1 Å². The predicted octanol–water partition coefficient (Wildman–Crippen LogP) is 13.8. The Morgan fingerprint density at radius 2 is 0.843 bits per heavy atom. The summed E-state index contributed by atoms with van der Waals surface area (Å²) in [6.07, 6.45) is 0. The molecule has 244 valence electrons. The molecule has 0 amide bonds. The third kappa shape index (κ3) is 5.28. The molecule has 0 heterocycles. The van der Waals surface area contributed by atoms with E-state index < -0.39 is 0 Å². The third-order valence-electron chi connectivity index (χ3n) is 10.4. The number of rotatable bonds is 7.